The third-order valence-corrected chi connectivity index (χ3v) is 6.16. The number of ether oxygens (including phenoxy) is 1. The molecule has 0 unspecified atom stereocenters. The molecule has 0 saturated heterocycles. The molecule has 1 heterocycles. The number of halogens is 1. The Balaban J connectivity index is 2.01. The fraction of sp³-hybridized carbons (Fsp3) is 0.522. The van der Waals surface area contributed by atoms with E-state index < -0.39 is 5.97 Å². The largest absolute Gasteiger partial charge is 0.462 e. The average Bonchev–Trinajstić information content (AvgIpc) is 3.14. The van der Waals surface area contributed by atoms with E-state index in [0.717, 1.165) is 35.8 Å². The molecule has 1 aromatic carbocycles. The molecule has 0 radical (unpaired) electrons. The molecule has 3 rings (SSSR count). The summed E-state index contributed by atoms with van der Waals surface area (Å²) in [5.41, 5.74) is 1.11. The molecule has 2 aromatic rings. The van der Waals surface area contributed by atoms with Crippen LogP contribution in [-0.4, -0.2) is 34.3 Å². The van der Waals surface area contributed by atoms with Crippen LogP contribution >= 0.6 is 15.9 Å². The maximum atomic E-state index is 13.5. The lowest BCUT2D eigenvalue weighted by Gasteiger charge is -2.32. The van der Waals surface area contributed by atoms with Crippen LogP contribution in [0.25, 0.3) is 5.69 Å². The van der Waals surface area contributed by atoms with E-state index in [0.29, 0.717) is 17.3 Å². The van der Waals surface area contributed by atoms with Gasteiger partial charge in [-0.15, -0.1) is 5.10 Å². The first-order chi connectivity index (χ1) is 14.3. The highest BCUT2D eigenvalue weighted by Gasteiger charge is 2.34. The summed E-state index contributed by atoms with van der Waals surface area (Å²) in [6.07, 6.45) is 5.53. The highest BCUT2D eigenvalue weighted by molar-refractivity contribution is 9.10. The van der Waals surface area contributed by atoms with Crippen LogP contribution in [0.3, 0.4) is 0 Å². The van der Waals surface area contributed by atoms with E-state index in [1.807, 2.05) is 38.1 Å². The van der Waals surface area contributed by atoms with E-state index in [1.54, 1.807) is 22.7 Å². The van der Waals surface area contributed by atoms with Crippen LogP contribution < -0.4 is 4.90 Å². The second kappa shape index (κ2) is 9.77. The number of rotatable bonds is 6. The fourth-order valence-corrected chi connectivity index (χ4v) is 4.19. The van der Waals surface area contributed by atoms with Crippen LogP contribution in [0.5, 0.6) is 0 Å². The first-order valence-electron chi connectivity index (χ1n) is 10.7. The van der Waals surface area contributed by atoms with Crippen LogP contribution in [0, 0.1) is 11.8 Å². The van der Waals surface area contributed by atoms with Crippen molar-refractivity contribution >= 4 is 33.6 Å². The van der Waals surface area contributed by atoms with Gasteiger partial charge in [-0.25, -0.2) is 9.48 Å². The number of anilines is 1. The lowest BCUT2D eigenvalue weighted by molar-refractivity contribution is -0.123. The molecule has 0 bridgehead atoms. The maximum Gasteiger partial charge on any atom is 0.343 e. The molecule has 162 valence electrons. The van der Waals surface area contributed by atoms with Crippen molar-refractivity contribution in [3.05, 3.63) is 40.5 Å². The normalized spacial score (nSPS) is 19.0. The molecule has 7 heteroatoms. The summed E-state index contributed by atoms with van der Waals surface area (Å²) in [4.78, 5) is 27.9. The molecule has 0 atom stereocenters. The Morgan fingerprint density at radius 3 is 2.40 bits per heavy atom. The standard InChI is InChI=1S/C23H30BrN3O3/c1-5-30-23(29)20-14-26(19-12-10-18(24)11-13-19)25-21(20)27(15(2)3)22(28)17-8-6-16(4)7-9-17/h10-17H,5-9H2,1-4H3/t16-,17-. The van der Waals surface area contributed by atoms with Crippen LogP contribution in [0.15, 0.2) is 34.9 Å². The lowest BCUT2D eigenvalue weighted by atomic mass is 9.82. The van der Waals surface area contributed by atoms with Crippen molar-refractivity contribution in [2.75, 3.05) is 11.5 Å². The Hall–Kier alpha value is -2.15. The summed E-state index contributed by atoms with van der Waals surface area (Å²) in [7, 11) is 0. The molecule has 1 fully saturated rings. The van der Waals surface area contributed by atoms with Crippen molar-refractivity contribution in [2.24, 2.45) is 11.8 Å². The van der Waals surface area contributed by atoms with Gasteiger partial charge in [0.2, 0.25) is 5.91 Å². The van der Waals surface area contributed by atoms with Crippen molar-refractivity contribution in [3.63, 3.8) is 0 Å². The van der Waals surface area contributed by atoms with Crippen LogP contribution in [0.1, 0.15) is 63.7 Å². The second-order valence-electron chi connectivity index (χ2n) is 8.27. The molecule has 0 spiro atoms. The predicted octanol–water partition coefficient (Wildman–Crippen LogP) is 5.38. The third kappa shape index (κ3) is 4.94. The van der Waals surface area contributed by atoms with Gasteiger partial charge >= 0.3 is 5.97 Å². The van der Waals surface area contributed by atoms with E-state index in [-0.39, 0.29) is 24.5 Å². The fourth-order valence-electron chi connectivity index (χ4n) is 3.93. The first kappa shape index (κ1) is 22.5. The highest BCUT2D eigenvalue weighted by atomic mass is 79.9. The molecule has 6 nitrogen and oxygen atoms in total. The highest BCUT2D eigenvalue weighted by Crippen LogP contribution is 2.33. The van der Waals surface area contributed by atoms with E-state index >= 15 is 0 Å². The number of amides is 1. The van der Waals surface area contributed by atoms with E-state index in [4.69, 9.17) is 4.74 Å². The summed E-state index contributed by atoms with van der Waals surface area (Å²) < 4.78 is 7.86. The molecule has 1 saturated carbocycles. The summed E-state index contributed by atoms with van der Waals surface area (Å²) >= 11 is 3.43. The van der Waals surface area contributed by atoms with Gasteiger partial charge in [0, 0.05) is 22.6 Å². The average molecular weight is 476 g/mol. The molecular weight excluding hydrogens is 446 g/mol. The quantitative estimate of drug-likeness (QED) is 0.526. The van der Waals surface area contributed by atoms with Gasteiger partial charge in [-0.3, -0.25) is 9.69 Å². The monoisotopic (exact) mass is 475 g/mol. The topological polar surface area (TPSA) is 64.4 Å². The number of benzene rings is 1. The molecule has 0 aliphatic heterocycles. The number of hydrogen-bond acceptors (Lipinski definition) is 4. The van der Waals surface area contributed by atoms with Crippen LogP contribution in [0.2, 0.25) is 0 Å². The van der Waals surface area contributed by atoms with Crippen molar-refractivity contribution in [3.8, 4) is 5.69 Å². The minimum absolute atomic E-state index is 0.0310. The summed E-state index contributed by atoms with van der Waals surface area (Å²) in [6, 6.07) is 7.50. The number of nitrogens with zero attached hydrogens (tertiary/aromatic N) is 3. The van der Waals surface area contributed by atoms with Gasteiger partial charge in [-0.2, -0.15) is 0 Å². The Morgan fingerprint density at radius 1 is 1.20 bits per heavy atom. The smallest absolute Gasteiger partial charge is 0.343 e. The van der Waals surface area contributed by atoms with Crippen molar-refractivity contribution < 1.29 is 14.3 Å². The lowest BCUT2D eigenvalue weighted by Crippen LogP contribution is -2.43. The maximum absolute atomic E-state index is 13.5. The molecule has 1 aliphatic rings. The Morgan fingerprint density at radius 2 is 1.83 bits per heavy atom. The summed E-state index contributed by atoms with van der Waals surface area (Å²) in [5, 5.41) is 4.67. The van der Waals surface area contributed by atoms with E-state index in [2.05, 4.69) is 28.0 Å². The van der Waals surface area contributed by atoms with Gasteiger partial charge in [0.15, 0.2) is 5.82 Å². The summed E-state index contributed by atoms with van der Waals surface area (Å²) in [5.74, 6) is 0.579. The van der Waals surface area contributed by atoms with Crippen LogP contribution in [-0.2, 0) is 9.53 Å². The number of carbonyl (C=O) groups excluding carboxylic acids is 2. The van der Waals surface area contributed by atoms with Gasteiger partial charge in [0.05, 0.1) is 12.3 Å². The van der Waals surface area contributed by atoms with Gasteiger partial charge in [-0.1, -0.05) is 22.9 Å². The molecular formula is C23H30BrN3O3. The van der Waals surface area contributed by atoms with E-state index in [1.165, 1.54) is 0 Å². The van der Waals surface area contributed by atoms with E-state index in [9.17, 15) is 9.59 Å². The zero-order chi connectivity index (χ0) is 21.8. The van der Waals surface area contributed by atoms with Crippen LogP contribution in [0.4, 0.5) is 5.82 Å². The van der Waals surface area contributed by atoms with Gasteiger partial charge < -0.3 is 4.74 Å². The molecule has 0 N–H and O–H groups in total. The van der Waals surface area contributed by atoms with Gasteiger partial charge in [0.1, 0.15) is 5.56 Å². The second-order valence-corrected chi connectivity index (χ2v) is 9.18. The third-order valence-electron chi connectivity index (χ3n) is 5.63. The zero-order valence-corrected chi connectivity index (χ0v) is 19.7. The van der Waals surface area contributed by atoms with Crippen molar-refractivity contribution in [2.45, 2.75) is 59.4 Å². The predicted molar refractivity (Wildman–Crippen MR) is 121 cm³/mol. The first-order valence-corrected chi connectivity index (χ1v) is 11.5. The number of aromatic nitrogens is 2. The Labute approximate surface area is 186 Å². The Bertz CT molecular complexity index is 884. The molecule has 1 aliphatic carbocycles. The molecule has 30 heavy (non-hydrogen) atoms. The van der Waals surface area contributed by atoms with Crippen molar-refractivity contribution in [1.82, 2.24) is 9.78 Å². The number of carbonyl (C=O) groups is 2. The van der Waals surface area contributed by atoms with Crippen molar-refractivity contribution in [1.29, 1.82) is 0 Å². The number of hydrogen-bond donors (Lipinski definition) is 0. The van der Waals surface area contributed by atoms with Gasteiger partial charge in [-0.05, 0) is 76.6 Å². The Kier molecular flexibility index (Phi) is 7.34. The zero-order valence-electron chi connectivity index (χ0n) is 18.1. The molecule has 1 amide bonds. The SMILES string of the molecule is CCOC(=O)c1cn(-c2ccc(Br)cc2)nc1N(C(=O)[C@H]1CC[C@H](C)CC1)C(C)C. The molecule has 1 aromatic heterocycles. The minimum Gasteiger partial charge on any atom is -0.462 e. The minimum atomic E-state index is -0.466. The summed E-state index contributed by atoms with van der Waals surface area (Å²) in [6.45, 7) is 8.18. The number of esters is 1. The van der Waals surface area contributed by atoms with Gasteiger partial charge in [0.25, 0.3) is 0 Å².